The van der Waals surface area contributed by atoms with E-state index in [-0.39, 0.29) is 11.3 Å². The summed E-state index contributed by atoms with van der Waals surface area (Å²) in [6.45, 7) is 0. The monoisotopic (exact) mass is 233 g/mol. The molecule has 0 aliphatic carbocycles. The van der Waals surface area contributed by atoms with Crippen molar-refractivity contribution < 1.29 is 13.6 Å². The maximum Gasteiger partial charge on any atom is 0.263 e. The minimum Gasteiger partial charge on any atom is -0.296 e. The first-order valence-electron chi connectivity index (χ1n) is 5.00. The second-order valence-electron chi connectivity index (χ2n) is 3.51. The molecule has 0 bridgehead atoms. The van der Waals surface area contributed by atoms with Gasteiger partial charge in [-0.3, -0.25) is 9.78 Å². The molecule has 2 aromatic rings. The number of carbonyl (C=O) groups is 1. The van der Waals surface area contributed by atoms with Crippen LogP contribution in [0.2, 0.25) is 0 Å². The summed E-state index contributed by atoms with van der Waals surface area (Å²) in [7, 11) is 0. The molecule has 0 fully saturated rings. The van der Waals surface area contributed by atoms with E-state index in [0.717, 1.165) is 0 Å². The minimum atomic E-state index is -2.50. The fraction of sp³-hybridized carbons (Fsp3) is 0.0769. The third-order valence-electron chi connectivity index (χ3n) is 2.37. The molecule has 0 amide bonds. The molecule has 1 aromatic heterocycles. The normalized spacial score (nSPS) is 10.5. The summed E-state index contributed by atoms with van der Waals surface area (Å²) < 4.78 is 25.1. The van der Waals surface area contributed by atoms with Gasteiger partial charge in [-0.05, 0) is 29.3 Å². The molecular formula is C13H9F2NO. The largest absolute Gasteiger partial charge is 0.296 e. The molecule has 0 spiro atoms. The number of hydrogen-bond donors (Lipinski definition) is 0. The Kier molecular flexibility index (Phi) is 3.23. The van der Waals surface area contributed by atoms with E-state index in [1.165, 1.54) is 18.3 Å². The second kappa shape index (κ2) is 4.82. The van der Waals surface area contributed by atoms with Crippen LogP contribution in [0.4, 0.5) is 8.78 Å². The van der Waals surface area contributed by atoms with Gasteiger partial charge in [0, 0.05) is 11.8 Å². The van der Waals surface area contributed by atoms with Gasteiger partial charge in [0.25, 0.3) is 6.43 Å². The van der Waals surface area contributed by atoms with Crippen molar-refractivity contribution in [3.05, 3.63) is 53.9 Å². The smallest absolute Gasteiger partial charge is 0.263 e. The number of hydrogen-bond acceptors (Lipinski definition) is 2. The van der Waals surface area contributed by atoms with Crippen molar-refractivity contribution in [3.8, 4) is 11.1 Å². The summed E-state index contributed by atoms with van der Waals surface area (Å²) in [5.41, 5.74) is 1.59. The highest BCUT2D eigenvalue weighted by Gasteiger charge is 2.08. The first-order valence-corrected chi connectivity index (χ1v) is 5.00. The summed E-state index contributed by atoms with van der Waals surface area (Å²) in [5, 5.41) is 0. The predicted octanol–water partition coefficient (Wildman–Crippen LogP) is 3.50. The highest BCUT2D eigenvalue weighted by atomic mass is 19.3. The average molecular weight is 233 g/mol. The Morgan fingerprint density at radius 2 is 1.88 bits per heavy atom. The van der Waals surface area contributed by atoms with Crippen LogP contribution in [0.3, 0.4) is 0 Å². The van der Waals surface area contributed by atoms with Gasteiger partial charge in [-0.15, -0.1) is 0 Å². The predicted molar refractivity (Wildman–Crippen MR) is 60.0 cm³/mol. The molecule has 86 valence electrons. The fourth-order valence-electron chi connectivity index (χ4n) is 1.55. The van der Waals surface area contributed by atoms with Gasteiger partial charge < -0.3 is 0 Å². The minimum absolute atomic E-state index is 0.0352. The van der Waals surface area contributed by atoms with Crippen LogP contribution in [0.25, 0.3) is 11.1 Å². The van der Waals surface area contributed by atoms with Gasteiger partial charge in [-0.25, -0.2) is 8.78 Å². The lowest BCUT2D eigenvalue weighted by atomic mass is 10.0. The zero-order chi connectivity index (χ0) is 12.3. The van der Waals surface area contributed by atoms with E-state index in [4.69, 9.17) is 0 Å². The van der Waals surface area contributed by atoms with Crippen LogP contribution >= 0.6 is 0 Å². The molecule has 0 aliphatic rings. The van der Waals surface area contributed by atoms with Crippen LogP contribution in [0.5, 0.6) is 0 Å². The topological polar surface area (TPSA) is 30.0 Å². The Bertz CT molecular complexity index is 540. The number of aromatic nitrogens is 1. The SMILES string of the molecule is O=Cc1cc(-c2cccc(C(F)F)c2)ccn1. The van der Waals surface area contributed by atoms with Crippen LogP contribution in [0, 0.1) is 0 Å². The quantitative estimate of drug-likeness (QED) is 0.759. The molecule has 17 heavy (non-hydrogen) atoms. The highest BCUT2D eigenvalue weighted by Crippen LogP contribution is 2.25. The van der Waals surface area contributed by atoms with E-state index < -0.39 is 6.43 Å². The summed E-state index contributed by atoms with van der Waals surface area (Å²) in [6.07, 6.45) is -0.392. The number of halogens is 2. The Labute approximate surface area is 96.9 Å². The first-order chi connectivity index (χ1) is 8.20. The third kappa shape index (κ3) is 2.53. The molecule has 1 heterocycles. The maximum atomic E-state index is 12.5. The number of nitrogens with zero attached hydrogens (tertiary/aromatic N) is 1. The van der Waals surface area contributed by atoms with Crippen LogP contribution < -0.4 is 0 Å². The van der Waals surface area contributed by atoms with Gasteiger partial charge >= 0.3 is 0 Å². The zero-order valence-electron chi connectivity index (χ0n) is 8.81. The molecule has 4 heteroatoms. The van der Waals surface area contributed by atoms with Gasteiger partial charge in [0.15, 0.2) is 6.29 Å². The maximum absolute atomic E-state index is 12.5. The van der Waals surface area contributed by atoms with Crippen molar-refractivity contribution in [2.45, 2.75) is 6.43 Å². The molecular weight excluding hydrogens is 224 g/mol. The average Bonchev–Trinajstić information content (AvgIpc) is 2.39. The summed E-state index contributed by atoms with van der Waals surface area (Å²) in [4.78, 5) is 14.4. The van der Waals surface area contributed by atoms with Gasteiger partial charge in [0.05, 0.1) is 0 Å². The Morgan fingerprint density at radius 3 is 2.59 bits per heavy atom. The zero-order valence-corrected chi connectivity index (χ0v) is 8.81. The molecule has 2 nitrogen and oxygen atoms in total. The Morgan fingerprint density at radius 1 is 1.12 bits per heavy atom. The van der Waals surface area contributed by atoms with Gasteiger partial charge in [-0.1, -0.05) is 18.2 Å². The lowest BCUT2D eigenvalue weighted by Gasteiger charge is -2.05. The van der Waals surface area contributed by atoms with Crippen molar-refractivity contribution in [2.75, 3.05) is 0 Å². The van der Waals surface area contributed by atoms with E-state index in [0.29, 0.717) is 17.4 Å². The molecule has 0 radical (unpaired) electrons. The van der Waals surface area contributed by atoms with Crippen molar-refractivity contribution in [2.24, 2.45) is 0 Å². The second-order valence-corrected chi connectivity index (χ2v) is 3.51. The van der Waals surface area contributed by atoms with Crippen molar-refractivity contribution >= 4 is 6.29 Å². The molecule has 0 unspecified atom stereocenters. The third-order valence-corrected chi connectivity index (χ3v) is 2.37. The molecule has 0 atom stereocenters. The van der Waals surface area contributed by atoms with Crippen molar-refractivity contribution in [1.82, 2.24) is 4.98 Å². The van der Waals surface area contributed by atoms with E-state index in [2.05, 4.69) is 4.98 Å². The van der Waals surface area contributed by atoms with Crippen molar-refractivity contribution in [3.63, 3.8) is 0 Å². The van der Waals surface area contributed by atoms with E-state index in [9.17, 15) is 13.6 Å². The number of benzene rings is 1. The highest BCUT2D eigenvalue weighted by molar-refractivity contribution is 5.76. The van der Waals surface area contributed by atoms with Crippen LogP contribution in [0.1, 0.15) is 22.5 Å². The first kappa shape index (κ1) is 11.4. The van der Waals surface area contributed by atoms with Crippen LogP contribution in [0.15, 0.2) is 42.6 Å². The molecule has 0 aliphatic heterocycles. The fourth-order valence-corrected chi connectivity index (χ4v) is 1.55. The molecule has 2 rings (SSSR count). The number of alkyl halides is 2. The number of aldehydes is 1. The molecule has 1 aromatic carbocycles. The van der Waals surface area contributed by atoms with Crippen LogP contribution in [-0.4, -0.2) is 11.3 Å². The van der Waals surface area contributed by atoms with Gasteiger partial charge in [-0.2, -0.15) is 0 Å². The van der Waals surface area contributed by atoms with Gasteiger partial charge in [0.1, 0.15) is 5.69 Å². The number of pyridine rings is 1. The molecule has 0 saturated carbocycles. The Balaban J connectivity index is 2.45. The van der Waals surface area contributed by atoms with Crippen LogP contribution in [-0.2, 0) is 0 Å². The summed E-state index contributed by atoms with van der Waals surface area (Å²) in [5.74, 6) is 0. The summed E-state index contributed by atoms with van der Waals surface area (Å²) >= 11 is 0. The summed E-state index contributed by atoms with van der Waals surface area (Å²) in [6, 6.07) is 9.31. The number of carbonyl (C=O) groups excluding carboxylic acids is 1. The lowest BCUT2D eigenvalue weighted by Crippen LogP contribution is -1.89. The van der Waals surface area contributed by atoms with E-state index >= 15 is 0 Å². The van der Waals surface area contributed by atoms with Gasteiger partial charge in [0.2, 0.25) is 0 Å². The van der Waals surface area contributed by atoms with Crippen molar-refractivity contribution in [1.29, 1.82) is 0 Å². The number of rotatable bonds is 3. The lowest BCUT2D eigenvalue weighted by molar-refractivity contribution is 0.111. The van der Waals surface area contributed by atoms with E-state index in [1.54, 1.807) is 24.3 Å². The molecule has 0 N–H and O–H groups in total. The Hall–Kier alpha value is -2.10. The molecule has 0 saturated heterocycles. The standard InChI is InChI=1S/C13H9F2NO/c14-13(15)11-3-1-2-9(6-11)10-4-5-16-12(7-10)8-17/h1-8,13H. The van der Waals surface area contributed by atoms with E-state index in [1.807, 2.05) is 0 Å².